The van der Waals surface area contributed by atoms with Crippen LogP contribution in [0.3, 0.4) is 0 Å². The van der Waals surface area contributed by atoms with Gasteiger partial charge in [0.25, 0.3) is 0 Å². The van der Waals surface area contributed by atoms with Gasteiger partial charge in [0.2, 0.25) is 0 Å². The lowest BCUT2D eigenvalue weighted by atomic mass is 10.0. The molecule has 0 saturated carbocycles. The molecule has 4 nitrogen and oxygen atoms in total. The van der Waals surface area contributed by atoms with Gasteiger partial charge < -0.3 is 10.1 Å². The fourth-order valence-corrected chi connectivity index (χ4v) is 4.63. The van der Waals surface area contributed by atoms with Crippen molar-refractivity contribution in [2.75, 3.05) is 11.9 Å². The van der Waals surface area contributed by atoms with Crippen LogP contribution < -0.4 is 5.32 Å². The van der Waals surface area contributed by atoms with E-state index in [1.54, 1.807) is 11.8 Å². The molecule has 1 aliphatic rings. The Morgan fingerprint density at radius 3 is 2.70 bits per heavy atom. The van der Waals surface area contributed by atoms with Crippen LogP contribution >= 0.6 is 11.8 Å². The molecule has 0 spiro atoms. The van der Waals surface area contributed by atoms with Gasteiger partial charge in [-0.15, -0.1) is 0 Å². The SMILES string of the molecule is CCOC(=O)c1cc(-c2ccc3c(c2)Nc2ccccc2S3)nc2ccc(C)cc12. The zero-order chi connectivity index (χ0) is 20.7. The lowest BCUT2D eigenvalue weighted by molar-refractivity contribution is 0.0528. The summed E-state index contributed by atoms with van der Waals surface area (Å²) in [4.78, 5) is 19.9. The highest BCUT2D eigenvalue weighted by molar-refractivity contribution is 7.99. The lowest BCUT2D eigenvalue weighted by Gasteiger charge is -2.21. The maximum absolute atomic E-state index is 12.7. The average Bonchev–Trinajstić information content (AvgIpc) is 2.76. The Morgan fingerprint density at radius 1 is 1.00 bits per heavy atom. The van der Waals surface area contributed by atoms with Crippen LogP contribution in [0.5, 0.6) is 0 Å². The van der Waals surface area contributed by atoms with E-state index in [0.29, 0.717) is 12.2 Å². The standard InChI is InChI=1S/C25H20N2O2S/c1-3-29-25(28)18-14-21(26-19-10-8-15(2)12-17(18)19)16-9-11-24-22(13-16)27-20-6-4-5-7-23(20)30-24/h4-14,27H,3H2,1-2H3. The average molecular weight is 413 g/mol. The van der Waals surface area contributed by atoms with Crippen molar-refractivity contribution in [3.05, 3.63) is 77.9 Å². The Labute approximate surface area is 179 Å². The molecule has 0 radical (unpaired) electrons. The highest BCUT2D eigenvalue weighted by atomic mass is 32.2. The maximum Gasteiger partial charge on any atom is 0.338 e. The van der Waals surface area contributed by atoms with Crippen LogP contribution in [0, 0.1) is 6.92 Å². The van der Waals surface area contributed by atoms with Gasteiger partial charge in [0, 0.05) is 20.7 Å². The predicted molar refractivity (Wildman–Crippen MR) is 122 cm³/mol. The van der Waals surface area contributed by atoms with Crippen molar-refractivity contribution in [1.82, 2.24) is 4.98 Å². The minimum absolute atomic E-state index is 0.322. The number of nitrogens with zero attached hydrogens (tertiary/aromatic N) is 1. The molecule has 0 amide bonds. The van der Waals surface area contributed by atoms with Crippen LogP contribution in [-0.2, 0) is 4.74 Å². The summed E-state index contributed by atoms with van der Waals surface area (Å²) in [6, 6.07) is 22.3. The summed E-state index contributed by atoms with van der Waals surface area (Å²) >= 11 is 1.75. The number of rotatable bonds is 3. The van der Waals surface area contributed by atoms with Gasteiger partial charge in [-0.1, -0.05) is 41.6 Å². The van der Waals surface area contributed by atoms with Crippen LogP contribution in [-0.4, -0.2) is 17.6 Å². The third-order valence-corrected chi connectivity index (χ3v) is 6.26. The van der Waals surface area contributed by atoms with Crippen molar-refractivity contribution < 1.29 is 9.53 Å². The predicted octanol–water partition coefficient (Wildman–Crippen LogP) is 6.60. The molecule has 148 valence electrons. The third kappa shape index (κ3) is 3.31. The molecule has 2 heterocycles. The van der Waals surface area contributed by atoms with E-state index < -0.39 is 0 Å². The number of benzene rings is 3. The van der Waals surface area contributed by atoms with Crippen LogP contribution in [0.2, 0.25) is 0 Å². The molecule has 30 heavy (non-hydrogen) atoms. The minimum atomic E-state index is -0.322. The first-order chi connectivity index (χ1) is 14.6. The second-order valence-corrected chi connectivity index (χ2v) is 8.31. The molecular formula is C25H20N2O2S. The van der Waals surface area contributed by atoms with E-state index in [2.05, 4.69) is 35.6 Å². The summed E-state index contributed by atoms with van der Waals surface area (Å²) in [5.74, 6) is -0.322. The largest absolute Gasteiger partial charge is 0.462 e. The number of hydrogen-bond acceptors (Lipinski definition) is 5. The minimum Gasteiger partial charge on any atom is -0.462 e. The molecule has 0 bridgehead atoms. The summed E-state index contributed by atoms with van der Waals surface area (Å²) < 4.78 is 5.31. The normalized spacial score (nSPS) is 12.1. The number of ether oxygens (including phenoxy) is 1. The number of esters is 1. The number of nitrogens with one attached hydrogen (secondary N) is 1. The van der Waals surface area contributed by atoms with Crippen molar-refractivity contribution in [1.29, 1.82) is 0 Å². The Morgan fingerprint density at radius 2 is 1.83 bits per heavy atom. The number of carbonyl (C=O) groups is 1. The Hall–Kier alpha value is -3.31. The first-order valence-electron chi connectivity index (χ1n) is 9.89. The van der Waals surface area contributed by atoms with Crippen LogP contribution in [0.25, 0.3) is 22.2 Å². The van der Waals surface area contributed by atoms with Crippen LogP contribution in [0.4, 0.5) is 11.4 Å². The van der Waals surface area contributed by atoms with E-state index in [1.807, 2.05) is 50.2 Å². The highest BCUT2D eigenvalue weighted by Gasteiger charge is 2.18. The van der Waals surface area contributed by atoms with Crippen molar-refractivity contribution in [3.8, 4) is 11.3 Å². The summed E-state index contributed by atoms with van der Waals surface area (Å²) in [5.41, 5.74) is 6.26. The van der Waals surface area contributed by atoms with Crippen molar-refractivity contribution in [2.24, 2.45) is 0 Å². The van der Waals surface area contributed by atoms with E-state index in [9.17, 15) is 4.79 Å². The molecule has 5 rings (SSSR count). The van der Waals surface area contributed by atoms with Gasteiger partial charge in [-0.05, 0) is 56.3 Å². The van der Waals surface area contributed by atoms with Gasteiger partial charge in [0.15, 0.2) is 0 Å². The number of carbonyl (C=O) groups excluding carboxylic acids is 1. The van der Waals surface area contributed by atoms with Gasteiger partial charge in [-0.25, -0.2) is 9.78 Å². The van der Waals surface area contributed by atoms with E-state index in [-0.39, 0.29) is 5.97 Å². The van der Waals surface area contributed by atoms with E-state index in [1.165, 1.54) is 9.79 Å². The molecule has 0 fully saturated rings. The zero-order valence-electron chi connectivity index (χ0n) is 16.7. The molecule has 1 aliphatic heterocycles. The summed E-state index contributed by atoms with van der Waals surface area (Å²) in [6.45, 7) is 4.16. The van der Waals surface area contributed by atoms with Crippen molar-refractivity contribution in [2.45, 2.75) is 23.6 Å². The monoisotopic (exact) mass is 412 g/mol. The number of aryl methyl sites for hydroxylation is 1. The van der Waals surface area contributed by atoms with E-state index in [4.69, 9.17) is 9.72 Å². The van der Waals surface area contributed by atoms with E-state index >= 15 is 0 Å². The first-order valence-corrected chi connectivity index (χ1v) is 10.7. The third-order valence-electron chi connectivity index (χ3n) is 5.11. The summed E-state index contributed by atoms with van der Waals surface area (Å²) in [6.07, 6.45) is 0. The molecule has 0 saturated heterocycles. The van der Waals surface area contributed by atoms with Gasteiger partial charge in [0.1, 0.15) is 0 Å². The van der Waals surface area contributed by atoms with Gasteiger partial charge in [0.05, 0.1) is 34.8 Å². The number of fused-ring (bicyclic) bond motifs is 3. The quantitative estimate of drug-likeness (QED) is 0.339. The van der Waals surface area contributed by atoms with Crippen LogP contribution in [0.1, 0.15) is 22.8 Å². The topological polar surface area (TPSA) is 51.2 Å². The van der Waals surface area contributed by atoms with Crippen LogP contribution in [0.15, 0.2) is 76.5 Å². The molecule has 1 N–H and O–H groups in total. The fraction of sp³-hybridized carbons (Fsp3) is 0.120. The second kappa shape index (κ2) is 7.50. The number of anilines is 2. The van der Waals surface area contributed by atoms with Gasteiger partial charge >= 0.3 is 5.97 Å². The van der Waals surface area contributed by atoms with Gasteiger partial charge in [-0.2, -0.15) is 0 Å². The number of pyridine rings is 1. The molecule has 4 aromatic rings. The highest BCUT2D eigenvalue weighted by Crippen LogP contribution is 2.45. The number of aromatic nitrogens is 1. The summed E-state index contributed by atoms with van der Waals surface area (Å²) in [7, 11) is 0. The molecule has 1 aromatic heterocycles. The second-order valence-electron chi connectivity index (χ2n) is 7.23. The van der Waals surface area contributed by atoms with Crippen molar-refractivity contribution >= 4 is 40.0 Å². The molecule has 0 aliphatic carbocycles. The molecule has 0 atom stereocenters. The van der Waals surface area contributed by atoms with E-state index in [0.717, 1.165) is 39.1 Å². The van der Waals surface area contributed by atoms with Crippen molar-refractivity contribution in [3.63, 3.8) is 0 Å². The Bertz CT molecular complexity index is 1300. The lowest BCUT2D eigenvalue weighted by Crippen LogP contribution is -2.07. The maximum atomic E-state index is 12.7. The zero-order valence-corrected chi connectivity index (χ0v) is 17.5. The Balaban J connectivity index is 1.62. The number of para-hydroxylation sites is 1. The first kappa shape index (κ1) is 18.7. The molecular weight excluding hydrogens is 392 g/mol. The number of hydrogen-bond donors (Lipinski definition) is 1. The smallest absolute Gasteiger partial charge is 0.338 e. The summed E-state index contributed by atoms with van der Waals surface area (Å²) in [5, 5.41) is 4.33. The fourth-order valence-electron chi connectivity index (χ4n) is 3.66. The molecule has 3 aromatic carbocycles. The Kier molecular flexibility index (Phi) is 4.68. The molecule has 0 unspecified atom stereocenters. The molecule has 5 heteroatoms. The van der Waals surface area contributed by atoms with Gasteiger partial charge in [-0.3, -0.25) is 0 Å².